The number of ether oxygens (including phenoxy) is 1. The van der Waals surface area contributed by atoms with Crippen LogP contribution in [0.1, 0.15) is 56.0 Å². The molecular weight excluding hydrogens is 272 g/mol. The van der Waals surface area contributed by atoms with Crippen molar-refractivity contribution in [3.05, 3.63) is 11.6 Å². The molecule has 1 fully saturated rings. The van der Waals surface area contributed by atoms with E-state index in [1.165, 1.54) is 4.90 Å². The zero-order valence-electron chi connectivity index (χ0n) is 12.8. The minimum absolute atomic E-state index is 0.0713. The van der Waals surface area contributed by atoms with Gasteiger partial charge in [0.1, 0.15) is 12.4 Å². The fraction of sp³-hybridized carbons (Fsp3) is 0.714. The number of hydrogen-bond acceptors (Lipinski definition) is 5. The van der Waals surface area contributed by atoms with Gasteiger partial charge in [0, 0.05) is 12.5 Å². The van der Waals surface area contributed by atoms with Gasteiger partial charge >= 0.3 is 5.97 Å². The Morgan fingerprint density at radius 2 is 2.14 bits per heavy atom. The number of nitrogens with zero attached hydrogens (tertiary/aromatic N) is 3. The molecule has 0 bridgehead atoms. The first kappa shape index (κ1) is 15.5. The van der Waals surface area contributed by atoms with Crippen molar-refractivity contribution in [3.8, 4) is 0 Å². The second-order valence-corrected chi connectivity index (χ2v) is 5.70. The Bertz CT molecular complexity index is 508. The maximum absolute atomic E-state index is 12.4. The van der Waals surface area contributed by atoms with Gasteiger partial charge in [0.2, 0.25) is 5.82 Å². The van der Waals surface area contributed by atoms with E-state index in [1.54, 1.807) is 6.92 Å². The van der Waals surface area contributed by atoms with Crippen molar-refractivity contribution in [2.75, 3.05) is 19.7 Å². The maximum atomic E-state index is 12.4. The highest BCUT2D eigenvalue weighted by atomic mass is 16.5. The van der Waals surface area contributed by atoms with E-state index >= 15 is 0 Å². The van der Waals surface area contributed by atoms with Crippen LogP contribution < -0.4 is 0 Å². The van der Waals surface area contributed by atoms with Gasteiger partial charge in [-0.15, -0.1) is 5.10 Å². The lowest BCUT2D eigenvalue weighted by Crippen LogP contribution is -2.39. The topological polar surface area (TPSA) is 88.2 Å². The van der Waals surface area contributed by atoms with E-state index < -0.39 is 5.97 Å². The van der Waals surface area contributed by atoms with E-state index in [0.717, 1.165) is 18.7 Å². The lowest BCUT2D eigenvalue weighted by Gasteiger charge is -2.22. The van der Waals surface area contributed by atoms with Gasteiger partial charge in [0.15, 0.2) is 0 Å². The number of aromatic amines is 1. The van der Waals surface area contributed by atoms with E-state index in [0.29, 0.717) is 19.1 Å². The quantitative estimate of drug-likeness (QED) is 0.767. The van der Waals surface area contributed by atoms with E-state index in [-0.39, 0.29) is 24.2 Å². The SMILES string of the molecule is CCOC(=O)CN(CC(C)C)C(=O)c1n[nH]c(C2CC2)n1. The van der Waals surface area contributed by atoms with Crippen molar-refractivity contribution in [1.29, 1.82) is 0 Å². The van der Waals surface area contributed by atoms with E-state index in [1.807, 2.05) is 13.8 Å². The molecule has 0 atom stereocenters. The monoisotopic (exact) mass is 294 g/mol. The van der Waals surface area contributed by atoms with Gasteiger partial charge in [0.25, 0.3) is 5.91 Å². The summed E-state index contributed by atoms with van der Waals surface area (Å²) in [5.74, 6) is 0.790. The summed E-state index contributed by atoms with van der Waals surface area (Å²) < 4.78 is 4.91. The van der Waals surface area contributed by atoms with Crippen molar-refractivity contribution in [2.24, 2.45) is 5.92 Å². The van der Waals surface area contributed by atoms with E-state index in [9.17, 15) is 9.59 Å². The molecular formula is C14H22N4O3. The van der Waals surface area contributed by atoms with Crippen molar-refractivity contribution >= 4 is 11.9 Å². The summed E-state index contributed by atoms with van der Waals surface area (Å²) in [6, 6.07) is 0. The fourth-order valence-electron chi connectivity index (χ4n) is 2.07. The third-order valence-corrected chi connectivity index (χ3v) is 3.16. The van der Waals surface area contributed by atoms with Gasteiger partial charge < -0.3 is 9.64 Å². The Labute approximate surface area is 124 Å². The summed E-state index contributed by atoms with van der Waals surface area (Å²) in [6.07, 6.45) is 2.17. The van der Waals surface area contributed by atoms with Gasteiger partial charge in [-0.1, -0.05) is 13.8 Å². The van der Waals surface area contributed by atoms with Crippen LogP contribution in [0.5, 0.6) is 0 Å². The Kier molecular flexibility index (Phi) is 4.93. The van der Waals surface area contributed by atoms with Crippen LogP contribution in [0.15, 0.2) is 0 Å². The highest BCUT2D eigenvalue weighted by Gasteiger charge is 2.30. The summed E-state index contributed by atoms with van der Waals surface area (Å²) in [5.41, 5.74) is 0. The minimum Gasteiger partial charge on any atom is -0.465 e. The van der Waals surface area contributed by atoms with Gasteiger partial charge in [0.05, 0.1) is 6.61 Å². The second kappa shape index (κ2) is 6.69. The summed E-state index contributed by atoms with van der Waals surface area (Å²) in [7, 11) is 0. The zero-order chi connectivity index (χ0) is 15.4. The Hall–Kier alpha value is -1.92. The number of nitrogens with one attached hydrogen (secondary N) is 1. The molecule has 1 aromatic heterocycles. The molecule has 2 rings (SSSR count). The summed E-state index contributed by atoms with van der Waals surface area (Å²) in [6.45, 7) is 6.40. The maximum Gasteiger partial charge on any atom is 0.325 e. The molecule has 0 spiro atoms. The van der Waals surface area contributed by atoms with Crippen LogP contribution in [0.25, 0.3) is 0 Å². The molecule has 116 valence electrons. The van der Waals surface area contributed by atoms with Gasteiger partial charge in [-0.2, -0.15) is 0 Å². The van der Waals surface area contributed by atoms with Crippen LogP contribution in [0.2, 0.25) is 0 Å². The second-order valence-electron chi connectivity index (χ2n) is 5.70. The first-order valence-electron chi connectivity index (χ1n) is 7.38. The molecule has 7 heteroatoms. The molecule has 1 heterocycles. The van der Waals surface area contributed by atoms with Crippen molar-refractivity contribution in [3.63, 3.8) is 0 Å². The van der Waals surface area contributed by atoms with Crippen LogP contribution >= 0.6 is 0 Å². The number of amides is 1. The summed E-state index contributed by atoms with van der Waals surface area (Å²) >= 11 is 0. The Balaban J connectivity index is 2.06. The molecule has 1 amide bonds. The molecule has 7 nitrogen and oxygen atoms in total. The molecule has 21 heavy (non-hydrogen) atoms. The van der Waals surface area contributed by atoms with E-state index in [2.05, 4.69) is 15.2 Å². The number of rotatable bonds is 7. The third kappa shape index (κ3) is 4.27. The first-order valence-corrected chi connectivity index (χ1v) is 7.38. The molecule has 0 aliphatic heterocycles. The van der Waals surface area contributed by atoms with Gasteiger partial charge in [-0.3, -0.25) is 14.7 Å². The molecule has 1 aliphatic carbocycles. The predicted octanol–water partition coefficient (Wildman–Crippen LogP) is 1.34. The summed E-state index contributed by atoms with van der Waals surface area (Å²) in [5, 5.41) is 6.79. The molecule has 0 aromatic carbocycles. The van der Waals surface area contributed by atoms with Crippen LogP contribution in [0.3, 0.4) is 0 Å². The predicted molar refractivity (Wildman–Crippen MR) is 75.7 cm³/mol. The van der Waals surface area contributed by atoms with Crippen molar-refractivity contribution < 1.29 is 14.3 Å². The lowest BCUT2D eigenvalue weighted by molar-refractivity contribution is -0.143. The third-order valence-electron chi connectivity index (χ3n) is 3.16. The highest BCUT2D eigenvalue weighted by Crippen LogP contribution is 2.37. The molecule has 1 aromatic rings. The van der Waals surface area contributed by atoms with Crippen LogP contribution in [-0.2, 0) is 9.53 Å². The first-order chi connectivity index (χ1) is 10.0. The Morgan fingerprint density at radius 1 is 1.43 bits per heavy atom. The standard InChI is InChI=1S/C14H22N4O3/c1-4-21-11(19)8-18(7-9(2)3)14(20)13-15-12(16-17-13)10-5-6-10/h9-10H,4-8H2,1-3H3,(H,15,16,17). The van der Waals surface area contributed by atoms with Crippen LogP contribution in [-0.4, -0.2) is 51.7 Å². The molecule has 0 unspecified atom stereocenters. The molecule has 1 N–H and O–H groups in total. The van der Waals surface area contributed by atoms with Gasteiger partial charge in [-0.25, -0.2) is 4.98 Å². The largest absolute Gasteiger partial charge is 0.465 e. The number of hydrogen-bond donors (Lipinski definition) is 1. The van der Waals surface area contributed by atoms with Crippen molar-refractivity contribution in [1.82, 2.24) is 20.1 Å². The smallest absolute Gasteiger partial charge is 0.325 e. The average molecular weight is 294 g/mol. The van der Waals surface area contributed by atoms with Crippen LogP contribution in [0, 0.1) is 5.92 Å². The number of H-pyrrole nitrogens is 1. The number of carbonyl (C=O) groups is 2. The molecule has 1 saturated carbocycles. The fourth-order valence-corrected chi connectivity index (χ4v) is 2.07. The van der Waals surface area contributed by atoms with Gasteiger partial charge in [-0.05, 0) is 25.7 Å². The Morgan fingerprint density at radius 3 is 2.71 bits per heavy atom. The lowest BCUT2D eigenvalue weighted by atomic mass is 10.2. The average Bonchev–Trinajstić information content (AvgIpc) is 3.15. The number of esters is 1. The minimum atomic E-state index is -0.413. The van der Waals surface area contributed by atoms with Crippen LogP contribution in [0.4, 0.5) is 0 Å². The molecule has 0 saturated heterocycles. The summed E-state index contributed by atoms with van der Waals surface area (Å²) in [4.78, 5) is 29.8. The highest BCUT2D eigenvalue weighted by molar-refractivity contribution is 5.92. The molecule has 0 radical (unpaired) electrons. The van der Waals surface area contributed by atoms with Crippen molar-refractivity contribution in [2.45, 2.75) is 39.5 Å². The zero-order valence-corrected chi connectivity index (χ0v) is 12.8. The molecule has 1 aliphatic rings. The number of aromatic nitrogens is 3. The number of carbonyl (C=O) groups excluding carboxylic acids is 2. The normalized spacial score (nSPS) is 14.3. The van der Waals surface area contributed by atoms with E-state index in [4.69, 9.17) is 4.74 Å².